The topological polar surface area (TPSA) is 71.8 Å². The Labute approximate surface area is 111 Å². The second-order valence-electron chi connectivity index (χ2n) is 3.51. The van der Waals surface area contributed by atoms with Crippen LogP contribution in [-0.2, 0) is 5.75 Å². The fourth-order valence-electron chi connectivity index (χ4n) is 1.30. The van der Waals surface area contributed by atoms with Gasteiger partial charge in [0.25, 0.3) is 5.56 Å². The van der Waals surface area contributed by atoms with Crippen molar-refractivity contribution in [1.82, 2.24) is 9.97 Å². The SMILES string of the molecule is Nc1cc(=O)[nH]c(SCc2ccc(Cl)c(F)c2)n1. The zero-order chi connectivity index (χ0) is 13.1. The summed E-state index contributed by atoms with van der Waals surface area (Å²) >= 11 is 6.84. The highest BCUT2D eigenvalue weighted by molar-refractivity contribution is 7.98. The molecule has 0 saturated heterocycles. The largest absolute Gasteiger partial charge is 0.383 e. The van der Waals surface area contributed by atoms with E-state index in [1.54, 1.807) is 6.07 Å². The molecule has 7 heteroatoms. The van der Waals surface area contributed by atoms with Gasteiger partial charge in [0.1, 0.15) is 11.6 Å². The standard InChI is InChI=1S/C11H9ClFN3OS/c12-7-2-1-6(3-8(7)13)5-18-11-15-9(14)4-10(17)16-11/h1-4H,5H2,(H3,14,15,16,17). The predicted molar refractivity (Wildman–Crippen MR) is 70.2 cm³/mol. The molecule has 0 unspecified atom stereocenters. The van der Waals surface area contributed by atoms with E-state index in [9.17, 15) is 9.18 Å². The van der Waals surface area contributed by atoms with Crippen LogP contribution in [0.1, 0.15) is 5.56 Å². The lowest BCUT2D eigenvalue weighted by atomic mass is 10.2. The van der Waals surface area contributed by atoms with Gasteiger partial charge in [-0.3, -0.25) is 4.79 Å². The van der Waals surface area contributed by atoms with Crippen molar-refractivity contribution in [2.75, 3.05) is 5.73 Å². The summed E-state index contributed by atoms with van der Waals surface area (Å²) < 4.78 is 13.2. The maximum absolute atomic E-state index is 13.2. The van der Waals surface area contributed by atoms with E-state index >= 15 is 0 Å². The number of nitrogen functional groups attached to an aromatic ring is 1. The first-order valence-electron chi connectivity index (χ1n) is 4.98. The van der Waals surface area contributed by atoms with E-state index in [2.05, 4.69) is 9.97 Å². The van der Waals surface area contributed by atoms with Crippen molar-refractivity contribution < 1.29 is 4.39 Å². The number of aromatic amines is 1. The van der Waals surface area contributed by atoms with Gasteiger partial charge in [-0.25, -0.2) is 9.37 Å². The minimum absolute atomic E-state index is 0.0826. The van der Waals surface area contributed by atoms with Gasteiger partial charge in [-0.1, -0.05) is 29.4 Å². The first-order valence-corrected chi connectivity index (χ1v) is 6.34. The van der Waals surface area contributed by atoms with Crippen LogP contribution in [0.4, 0.5) is 10.2 Å². The zero-order valence-electron chi connectivity index (χ0n) is 9.11. The molecule has 3 N–H and O–H groups in total. The third-order valence-electron chi connectivity index (χ3n) is 2.10. The number of benzene rings is 1. The lowest BCUT2D eigenvalue weighted by Gasteiger charge is -2.03. The van der Waals surface area contributed by atoms with Crippen LogP contribution < -0.4 is 11.3 Å². The van der Waals surface area contributed by atoms with Crippen molar-refractivity contribution in [1.29, 1.82) is 0 Å². The molecule has 0 radical (unpaired) electrons. The molecule has 1 aromatic heterocycles. The number of nitrogens with one attached hydrogen (secondary N) is 1. The summed E-state index contributed by atoms with van der Waals surface area (Å²) in [4.78, 5) is 17.7. The van der Waals surface area contributed by atoms with Crippen LogP contribution in [-0.4, -0.2) is 9.97 Å². The minimum Gasteiger partial charge on any atom is -0.383 e. The molecule has 0 aliphatic carbocycles. The average Bonchev–Trinajstić information content (AvgIpc) is 2.29. The number of nitrogens with two attached hydrogens (primary N) is 1. The number of aromatic nitrogens is 2. The lowest BCUT2D eigenvalue weighted by Crippen LogP contribution is -2.09. The van der Waals surface area contributed by atoms with Crippen molar-refractivity contribution in [3.8, 4) is 0 Å². The van der Waals surface area contributed by atoms with Crippen molar-refractivity contribution >= 4 is 29.2 Å². The molecule has 0 aliphatic heterocycles. The van der Waals surface area contributed by atoms with Gasteiger partial charge in [-0.15, -0.1) is 0 Å². The molecule has 0 saturated carbocycles. The van der Waals surface area contributed by atoms with Crippen LogP contribution in [0.15, 0.2) is 34.2 Å². The molecule has 0 amide bonds. The number of nitrogens with zero attached hydrogens (tertiary/aromatic N) is 1. The Morgan fingerprint density at radius 1 is 1.44 bits per heavy atom. The number of hydrogen-bond donors (Lipinski definition) is 2. The summed E-state index contributed by atoms with van der Waals surface area (Å²) in [7, 11) is 0. The Morgan fingerprint density at radius 2 is 2.22 bits per heavy atom. The quantitative estimate of drug-likeness (QED) is 0.671. The van der Waals surface area contributed by atoms with E-state index < -0.39 is 5.82 Å². The summed E-state index contributed by atoms with van der Waals surface area (Å²) in [6.45, 7) is 0. The van der Waals surface area contributed by atoms with E-state index in [4.69, 9.17) is 17.3 Å². The Kier molecular flexibility index (Phi) is 3.88. The molecular formula is C11H9ClFN3OS. The van der Waals surface area contributed by atoms with E-state index in [1.807, 2.05) is 0 Å². The van der Waals surface area contributed by atoms with Gasteiger partial charge >= 0.3 is 0 Å². The summed E-state index contributed by atoms with van der Waals surface area (Å²) in [5.41, 5.74) is 5.88. The first kappa shape index (κ1) is 12.9. The van der Waals surface area contributed by atoms with Crippen LogP contribution in [0, 0.1) is 5.82 Å². The molecule has 18 heavy (non-hydrogen) atoms. The molecule has 94 valence electrons. The van der Waals surface area contributed by atoms with Gasteiger partial charge in [-0.2, -0.15) is 0 Å². The molecule has 0 aliphatic rings. The first-order chi connectivity index (χ1) is 8.54. The second-order valence-corrected chi connectivity index (χ2v) is 4.88. The number of rotatable bonds is 3. The number of halogens is 2. The van der Waals surface area contributed by atoms with Crippen molar-refractivity contribution in [3.05, 3.63) is 51.0 Å². The fourth-order valence-corrected chi connectivity index (χ4v) is 2.25. The number of hydrogen-bond acceptors (Lipinski definition) is 4. The molecule has 0 atom stereocenters. The molecule has 0 spiro atoms. The van der Waals surface area contributed by atoms with Gasteiger partial charge in [-0.05, 0) is 17.7 Å². The van der Waals surface area contributed by atoms with Gasteiger partial charge < -0.3 is 10.7 Å². The van der Waals surface area contributed by atoms with Gasteiger partial charge in [0.05, 0.1) is 5.02 Å². The molecule has 1 aromatic carbocycles. The van der Waals surface area contributed by atoms with Crippen LogP contribution in [0.3, 0.4) is 0 Å². The van der Waals surface area contributed by atoms with Gasteiger partial charge in [0.15, 0.2) is 5.16 Å². The Bertz CT molecular complexity index is 632. The maximum atomic E-state index is 13.2. The molecule has 0 bridgehead atoms. The highest BCUT2D eigenvalue weighted by atomic mass is 35.5. The van der Waals surface area contributed by atoms with Gasteiger partial charge in [0.2, 0.25) is 0 Å². The van der Waals surface area contributed by atoms with E-state index in [0.717, 1.165) is 5.56 Å². The number of H-pyrrole nitrogens is 1. The Hall–Kier alpha value is -1.53. The number of anilines is 1. The Balaban J connectivity index is 2.11. The summed E-state index contributed by atoms with van der Waals surface area (Å²) in [6, 6.07) is 5.75. The minimum atomic E-state index is -0.469. The van der Waals surface area contributed by atoms with E-state index in [1.165, 1.54) is 30.0 Å². The zero-order valence-corrected chi connectivity index (χ0v) is 10.7. The van der Waals surface area contributed by atoms with Crippen LogP contribution in [0.2, 0.25) is 5.02 Å². The summed E-state index contributed by atoms with van der Waals surface area (Å²) in [6.07, 6.45) is 0. The number of thioether (sulfide) groups is 1. The van der Waals surface area contributed by atoms with E-state index in [-0.39, 0.29) is 16.4 Å². The maximum Gasteiger partial charge on any atom is 0.253 e. The molecule has 2 rings (SSSR count). The van der Waals surface area contributed by atoms with Gasteiger partial charge in [0, 0.05) is 11.8 Å². The average molecular weight is 286 g/mol. The third-order valence-corrected chi connectivity index (χ3v) is 3.35. The molecule has 2 aromatic rings. The lowest BCUT2D eigenvalue weighted by molar-refractivity contribution is 0.627. The summed E-state index contributed by atoms with van der Waals surface area (Å²) in [5, 5.41) is 0.481. The highest BCUT2D eigenvalue weighted by Crippen LogP contribution is 2.22. The highest BCUT2D eigenvalue weighted by Gasteiger charge is 2.04. The molecule has 0 fully saturated rings. The molecule has 1 heterocycles. The second kappa shape index (κ2) is 5.41. The Morgan fingerprint density at radius 3 is 2.89 bits per heavy atom. The van der Waals surface area contributed by atoms with Crippen molar-refractivity contribution in [2.24, 2.45) is 0 Å². The molecular weight excluding hydrogens is 277 g/mol. The van der Waals surface area contributed by atoms with Crippen LogP contribution >= 0.6 is 23.4 Å². The van der Waals surface area contributed by atoms with Crippen molar-refractivity contribution in [2.45, 2.75) is 10.9 Å². The summed E-state index contributed by atoms with van der Waals surface area (Å²) in [5.74, 6) is 0.146. The van der Waals surface area contributed by atoms with Crippen LogP contribution in [0.25, 0.3) is 0 Å². The van der Waals surface area contributed by atoms with Crippen LogP contribution in [0.5, 0.6) is 0 Å². The van der Waals surface area contributed by atoms with E-state index in [0.29, 0.717) is 10.9 Å². The smallest absolute Gasteiger partial charge is 0.253 e. The monoisotopic (exact) mass is 285 g/mol. The predicted octanol–water partition coefficient (Wildman–Crippen LogP) is 2.44. The third kappa shape index (κ3) is 3.24. The molecule has 4 nitrogen and oxygen atoms in total. The fraction of sp³-hybridized carbons (Fsp3) is 0.0909. The van der Waals surface area contributed by atoms with Crippen molar-refractivity contribution in [3.63, 3.8) is 0 Å². The normalized spacial score (nSPS) is 10.6.